The highest BCUT2D eigenvalue weighted by molar-refractivity contribution is 5.70. The standard InChI is InChI=1S/C17H12FNO/c18-14-8-6-12(7-9-14)15-10-11-16(20)17(19-15)13-4-2-1-3-5-13/h1-11,20H. The number of hydrogen-bond acceptors (Lipinski definition) is 2. The largest absolute Gasteiger partial charge is 0.506 e. The number of nitrogens with zero attached hydrogens (tertiary/aromatic N) is 1. The summed E-state index contributed by atoms with van der Waals surface area (Å²) in [5.41, 5.74) is 2.87. The molecule has 3 aromatic rings. The summed E-state index contributed by atoms with van der Waals surface area (Å²) in [6, 6.07) is 18.9. The molecule has 1 heterocycles. The van der Waals surface area contributed by atoms with E-state index in [9.17, 15) is 9.50 Å². The maximum Gasteiger partial charge on any atom is 0.141 e. The van der Waals surface area contributed by atoms with Gasteiger partial charge in [0.15, 0.2) is 0 Å². The molecular formula is C17H12FNO. The lowest BCUT2D eigenvalue weighted by Crippen LogP contribution is -1.89. The highest BCUT2D eigenvalue weighted by Gasteiger charge is 2.08. The molecule has 1 N–H and O–H groups in total. The average Bonchev–Trinajstić information content (AvgIpc) is 2.50. The molecule has 0 aliphatic rings. The van der Waals surface area contributed by atoms with E-state index < -0.39 is 0 Å². The van der Waals surface area contributed by atoms with Gasteiger partial charge in [-0.3, -0.25) is 0 Å². The van der Waals surface area contributed by atoms with Gasteiger partial charge in [-0.05, 0) is 36.4 Å². The van der Waals surface area contributed by atoms with Crippen LogP contribution in [0.25, 0.3) is 22.5 Å². The molecule has 20 heavy (non-hydrogen) atoms. The van der Waals surface area contributed by atoms with Crippen molar-refractivity contribution in [3.05, 3.63) is 72.5 Å². The molecule has 3 heteroatoms. The first-order chi connectivity index (χ1) is 9.74. The van der Waals surface area contributed by atoms with Gasteiger partial charge in [-0.15, -0.1) is 0 Å². The molecule has 0 amide bonds. The number of pyridine rings is 1. The summed E-state index contributed by atoms with van der Waals surface area (Å²) in [7, 11) is 0. The van der Waals surface area contributed by atoms with Crippen molar-refractivity contribution in [1.82, 2.24) is 4.98 Å². The Hall–Kier alpha value is -2.68. The van der Waals surface area contributed by atoms with Crippen molar-refractivity contribution in [1.29, 1.82) is 0 Å². The van der Waals surface area contributed by atoms with Crippen LogP contribution >= 0.6 is 0 Å². The van der Waals surface area contributed by atoms with Crippen LogP contribution in [0.2, 0.25) is 0 Å². The monoisotopic (exact) mass is 265 g/mol. The molecule has 0 radical (unpaired) electrons. The van der Waals surface area contributed by atoms with Gasteiger partial charge in [-0.25, -0.2) is 9.37 Å². The van der Waals surface area contributed by atoms with Gasteiger partial charge in [0.2, 0.25) is 0 Å². The molecule has 0 aliphatic heterocycles. The highest BCUT2D eigenvalue weighted by Crippen LogP contribution is 2.30. The number of hydrogen-bond donors (Lipinski definition) is 1. The molecule has 3 rings (SSSR count). The lowest BCUT2D eigenvalue weighted by molar-refractivity contribution is 0.475. The summed E-state index contributed by atoms with van der Waals surface area (Å²) in [6.07, 6.45) is 0. The van der Waals surface area contributed by atoms with Crippen LogP contribution in [-0.2, 0) is 0 Å². The maximum absolute atomic E-state index is 13.0. The molecule has 2 aromatic carbocycles. The van der Waals surface area contributed by atoms with Gasteiger partial charge >= 0.3 is 0 Å². The lowest BCUT2D eigenvalue weighted by Gasteiger charge is -2.07. The van der Waals surface area contributed by atoms with E-state index in [0.29, 0.717) is 11.4 Å². The van der Waals surface area contributed by atoms with Crippen molar-refractivity contribution in [2.45, 2.75) is 0 Å². The van der Waals surface area contributed by atoms with Gasteiger partial charge in [-0.1, -0.05) is 30.3 Å². The summed E-state index contributed by atoms with van der Waals surface area (Å²) in [5.74, 6) is -0.155. The van der Waals surface area contributed by atoms with E-state index in [0.717, 1.165) is 11.1 Å². The summed E-state index contributed by atoms with van der Waals surface area (Å²) in [5, 5.41) is 9.96. The zero-order valence-corrected chi connectivity index (χ0v) is 10.6. The number of halogens is 1. The van der Waals surface area contributed by atoms with E-state index in [2.05, 4.69) is 4.98 Å². The molecular weight excluding hydrogens is 253 g/mol. The van der Waals surface area contributed by atoms with Gasteiger partial charge in [0.05, 0.1) is 5.69 Å². The minimum Gasteiger partial charge on any atom is -0.506 e. The quantitative estimate of drug-likeness (QED) is 0.751. The summed E-state index contributed by atoms with van der Waals surface area (Å²) >= 11 is 0. The van der Waals surface area contributed by atoms with E-state index >= 15 is 0 Å². The summed E-state index contributed by atoms with van der Waals surface area (Å²) in [6.45, 7) is 0. The first-order valence-corrected chi connectivity index (χ1v) is 6.25. The first-order valence-electron chi connectivity index (χ1n) is 6.25. The Morgan fingerprint density at radius 2 is 1.45 bits per heavy atom. The fraction of sp³-hybridized carbons (Fsp3) is 0. The van der Waals surface area contributed by atoms with Crippen LogP contribution in [0.3, 0.4) is 0 Å². The highest BCUT2D eigenvalue weighted by atomic mass is 19.1. The van der Waals surface area contributed by atoms with Crippen molar-refractivity contribution in [2.75, 3.05) is 0 Å². The predicted molar refractivity (Wildman–Crippen MR) is 76.7 cm³/mol. The van der Waals surface area contributed by atoms with E-state index in [4.69, 9.17) is 0 Å². The van der Waals surface area contributed by atoms with Crippen LogP contribution in [0, 0.1) is 5.82 Å². The molecule has 2 nitrogen and oxygen atoms in total. The Balaban J connectivity index is 2.09. The normalized spacial score (nSPS) is 10.4. The third-order valence-electron chi connectivity index (χ3n) is 3.06. The Morgan fingerprint density at radius 3 is 2.15 bits per heavy atom. The topological polar surface area (TPSA) is 33.1 Å². The van der Waals surface area contributed by atoms with E-state index in [-0.39, 0.29) is 11.6 Å². The Bertz CT molecular complexity index is 724. The fourth-order valence-corrected chi connectivity index (χ4v) is 2.04. The molecule has 0 unspecified atom stereocenters. The fourth-order valence-electron chi connectivity index (χ4n) is 2.04. The molecule has 0 atom stereocenters. The second kappa shape index (κ2) is 5.13. The zero-order chi connectivity index (χ0) is 13.9. The molecule has 0 aliphatic carbocycles. The van der Waals surface area contributed by atoms with Crippen molar-refractivity contribution in [3.63, 3.8) is 0 Å². The Labute approximate surface area is 116 Å². The Morgan fingerprint density at radius 1 is 0.750 bits per heavy atom. The van der Waals surface area contributed by atoms with Gasteiger partial charge in [0, 0.05) is 11.1 Å². The number of rotatable bonds is 2. The number of aromatic nitrogens is 1. The summed E-state index contributed by atoms with van der Waals surface area (Å²) < 4.78 is 13.0. The first kappa shape index (κ1) is 12.4. The Kier molecular flexibility index (Phi) is 3.17. The molecule has 0 fully saturated rings. The lowest BCUT2D eigenvalue weighted by atomic mass is 10.1. The average molecular weight is 265 g/mol. The van der Waals surface area contributed by atoms with Crippen LogP contribution in [0.4, 0.5) is 4.39 Å². The van der Waals surface area contributed by atoms with Gasteiger partial charge in [-0.2, -0.15) is 0 Å². The molecule has 98 valence electrons. The maximum atomic E-state index is 13.0. The van der Waals surface area contributed by atoms with Crippen LogP contribution in [-0.4, -0.2) is 10.1 Å². The van der Waals surface area contributed by atoms with Gasteiger partial charge < -0.3 is 5.11 Å². The third-order valence-corrected chi connectivity index (χ3v) is 3.06. The second-order valence-corrected chi connectivity index (χ2v) is 4.44. The predicted octanol–water partition coefficient (Wildman–Crippen LogP) is 4.26. The van der Waals surface area contributed by atoms with Crippen LogP contribution < -0.4 is 0 Å². The molecule has 0 saturated carbocycles. The van der Waals surface area contributed by atoms with Crippen molar-refractivity contribution in [3.8, 4) is 28.3 Å². The molecule has 0 saturated heterocycles. The van der Waals surface area contributed by atoms with Crippen LogP contribution in [0.5, 0.6) is 5.75 Å². The third kappa shape index (κ3) is 2.38. The van der Waals surface area contributed by atoms with E-state index in [1.165, 1.54) is 12.1 Å². The smallest absolute Gasteiger partial charge is 0.141 e. The van der Waals surface area contributed by atoms with Crippen molar-refractivity contribution >= 4 is 0 Å². The van der Waals surface area contributed by atoms with Crippen molar-refractivity contribution in [2.24, 2.45) is 0 Å². The van der Waals surface area contributed by atoms with Gasteiger partial charge in [0.1, 0.15) is 17.3 Å². The van der Waals surface area contributed by atoms with E-state index in [1.807, 2.05) is 30.3 Å². The number of benzene rings is 2. The second-order valence-electron chi connectivity index (χ2n) is 4.44. The van der Waals surface area contributed by atoms with Gasteiger partial charge in [0.25, 0.3) is 0 Å². The van der Waals surface area contributed by atoms with Crippen molar-refractivity contribution < 1.29 is 9.50 Å². The summed E-state index contributed by atoms with van der Waals surface area (Å²) in [4.78, 5) is 4.47. The zero-order valence-electron chi connectivity index (χ0n) is 10.6. The van der Waals surface area contributed by atoms with E-state index in [1.54, 1.807) is 24.3 Å². The SMILES string of the molecule is Oc1ccc(-c2ccc(F)cc2)nc1-c1ccccc1. The number of aromatic hydroxyl groups is 1. The molecule has 0 spiro atoms. The molecule has 0 bridgehead atoms. The minimum absolute atomic E-state index is 0.127. The van der Waals surface area contributed by atoms with Crippen LogP contribution in [0.1, 0.15) is 0 Å². The minimum atomic E-state index is -0.282. The van der Waals surface area contributed by atoms with Crippen LogP contribution in [0.15, 0.2) is 66.7 Å². The molecule has 1 aromatic heterocycles.